The van der Waals surface area contributed by atoms with Crippen LogP contribution in [0.2, 0.25) is 0 Å². The molecule has 4 nitrogen and oxygen atoms in total. The lowest BCUT2D eigenvalue weighted by Crippen LogP contribution is -2.49. The van der Waals surface area contributed by atoms with Crippen LogP contribution in [0.5, 0.6) is 0 Å². The number of carbonyl (C=O) groups excluding carboxylic acids is 1. The van der Waals surface area contributed by atoms with Crippen LogP contribution in [0.25, 0.3) is 0 Å². The minimum absolute atomic E-state index is 0.462. The molecule has 2 aliphatic heterocycles. The van der Waals surface area contributed by atoms with Crippen LogP contribution in [0.15, 0.2) is 18.7 Å². The average Bonchev–Trinajstić information content (AvgIpc) is 2.86. The van der Waals surface area contributed by atoms with Gasteiger partial charge in [-0.3, -0.25) is 9.69 Å². The van der Waals surface area contributed by atoms with E-state index in [1.54, 1.807) is 0 Å². The van der Waals surface area contributed by atoms with Crippen LogP contribution < -0.4 is 0 Å². The molecule has 3 rings (SSSR count). The Balaban J connectivity index is 1.70. The second-order valence-electron chi connectivity index (χ2n) is 5.39. The molecule has 3 unspecified atom stereocenters. The summed E-state index contributed by atoms with van der Waals surface area (Å²) in [6, 6.07) is 1.49. The van der Waals surface area contributed by atoms with Gasteiger partial charge in [-0.2, -0.15) is 0 Å². The molecule has 2 bridgehead atoms. The molecule has 2 aliphatic rings. The maximum absolute atomic E-state index is 11.6. The van der Waals surface area contributed by atoms with Gasteiger partial charge in [0.15, 0.2) is 0 Å². The van der Waals surface area contributed by atoms with Crippen LogP contribution in [0.3, 0.4) is 0 Å². The number of hydrogen-bond acceptors (Lipinski definition) is 3. The highest BCUT2D eigenvalue weighted by molar-refractivity contribution is 5.81. The van der Waals surface area contributed by atoms with E-state index in [4.69, 9.17) is 0 Å². The van der Waals surface area contributed by atoms with Gasteiger partial charge in [-0.1, -0.05) is 0 Å². The normalized spacial score (nSPS) is 30.8. The summed E-state index contributed by atoms with van der Waals surface area (Å²) < 4.78 is 2.13. The van der Waals surface area contributed by atoms with Crippen molar-refractivity contribution in [3.05, 3.63) is 18.7 Å². The van der Waals surface area contributed by atoms with Crippen LogP contribution in [0.4, 0.5) is 0 Å². The van der Waals surface area contributed by atoms with Crippen molar-refractivity contribution < 1.29 is 4.79 Å². The number of piperidine rings is 1. The highest BCUT2D eigenvalue weighted by atomic mass is 16.1. The van der Waals surface area contributed by atoms with Crippen LogP contribution in [0.1, 0.15) is 32.6 Å². The van der Waals surface area contributed by atoms with Gasteiger partial charge < -0.3 is 4.57 Å². The molecule has 1 aromatic rings. The van der Waals surface area contributed by atoms with E-state index in [-0.39, 0.29) is 0 Å². The topological polar surface area (TPSA) is 38.1 Å². The number of imidazole rings is 1. The van der Waals surface area contributed by atoms with E-state index in [1.807, 2.05) is 18.7 Å². The number of carbonyl (C=O) groups is 1. The van der Waals surface area contributed by atoms with Gasteiger partial charge in [-0.05, 0) is 19.8 Å². The fourth-order valence-electron chi connectivity index (χ4n) is 3.52. The Hall–Kier alpha value is -1.16. The van der Waals surface area contributed by atoms with Crippen LogP contribution in [0, 0.1) is 0 Å². The molecule has 3 heterocycles. The van der Waals surface area contributed by atoms with Gasteiger partial charge >= 0.3 is 0 Å². The van der Waals surface area contributed by atoms with Crippen molar-refractivity contribution >= 4 is 5.78 Å². The van der Waals surface area contributed by atoms with Crippen LogP contribution >= 0.6 is 0 Å². The molecule has 3 atom stereocenters. The van der Waals surface area contributed by atoms with Crippen molar-refractivity contribution in [2.45, 2.75) is 57.3 Å². The van der Waals surface area contributed by atoms with Crippen LogP contribution in [-0.4, -0.2) is 38.4 Å². The fraction of sp³-hybridized carbons (Fsp3) is 0.692. The lowest BCUT2D eigenvalue weighted by atomic mass is 9.99. The smallest absolute Gasteiger partial charge is 0.136 e. The Morgan fingerprint density at radius 3 is 2.71 bits per heavy atom. The summed E-state index contributed by atoms with van der Waals surface area (Å²) in [5, 5.41) is 0. The maximum atomic E-state index is 11.6. The second kappa shape index (κ2) is 4.26. The zero-order chi connectivity index (χ0) is 11.8. The van der Waals surface area contributed by atoms with Crippen molar-refractivity contribution in [3.63, 3.8) is 0 Å². The molecule has 0 radical (unpaired) electrons. The van der Waals surface area contributed by atoms with Crippen molar-refractivity contribution in [1.29, 1.82) is 0 Å². The van der Waals surface area contributed by atoms with Gasteiger partial charge in [0.2, 0.25) is 0 Å². The molecule has 0 aromatic carbocycles. The third kappa shape index (κ3) is 2.02. The minimum Gasteiger partial charge on any atom is -0.336 e. The van der Waals surface area contributed by atoms with Crippen LogP contribution in [-0.2, 0) is 11.3 Å². The molecular formula is C13H19N3O. The molecule has 1 aromatic heterocycles. The molecule has 0 amide bonds. The third-order valence-corrected chi connectivity index (χ3v) is 4.15. The zero-order valence-corrected chi connectivity index (χ0v) is 10.2. The quantitative estimate of drug-likeness (QED) is 0.793. The molecule has 0 saturated carbocycles. The molecule has 0 spiro atoms. The van der Waals surface area contributed by atoms with Crippen molar-refractivity contribution in [2.24, 2.45) is 0 Å². The number of hydrogen-bond donors (Lipinski definition) is 0. The second-order valence-corrected chi connectivity index (χ2v) is 5.39. The zero-order valence-electron chi connectivity index (χ0n) is 10.2. The largest absolute Gasteiger partial charge is 0.336 e. The average molecular weight is 233 g/mol. The lowest BCUT2D eigenvalue weighted by molar-refractivity contribution is -0.124. The summed E-state index contributed by atoms with van der Waals surface area (Å²) in [7, 11) is 0. The number of fused-ring (bicyclic) bond motifs is 2. The molecule has 2 fully saturated rings. The summed E-state index contributed by atoms with van der Waals surface area (Å²) in [5.41, 5.74) is 0. The van der Waals surface area contributed by atoms with Crippen molar-refractivity contribution in [2.75, 3.05) is 0 Å². The van der Waals surface area contributed by atoms with Crippen molar-refractivity contribution in [1.82, 2.24) is 14.5 Å². The Labute approximate surface area is 102 Å². The van der Waals surface area contributed by atoms with E-state index >= 15 is 0 Å². The lowest BCUT2D eigenvalue weighted by Gasteiger charge is -2.38. The molecular weight excluding hydrogens is 214 g/mol. The highest BCUT2D eigenvalue weighted by Crippen LogP contribution is 2.35. The first kappa shape index (κ1) is 11.0. The van der Waals surface area contributed by atoms with Gasteiger partial charge in [-0.25, -0.2) is 4.98 Å². The number of Topliss-reactive ketones (excluding diaryl/α,β-unsaturated/α-hetero) is 1. The summed E-state index contributed by atoms with van der Waals surface area (Å²) >= 11 is 0. The van der Waals surface area contributed by atoms with E-state index in [0.29, 0.717) is 23.9 Å². The van der Waals surface area contributed by atoms with Gasteiger partial charge in [0.25, 0.3) is 0 Å². The Kier molecular flexibility index (Phi) is 2.74. The van der Waals surface area contributed by atoms with E-state index in [9.17, 15) is 4.79 Å². The van der Waals surface area contributed by atoms with Gasteiger partial charge in [0, 0.05) is 49.9 Å². The molecule has 17 heavy (non-hydrogen) atoms. The Bertz CT molecular complexity index is 385. The SMILES string of the molecule is CC(Cn1ccnc1)N1C2CCC1CC(=O)C2. The Morgan fingerprint density at radius 2 is 2.12 bits per heavy atom. The number of rotatable bonds is 3. The van der Waals surface area contributed by atoms with Gasteiger partial charge in [0.05, 0.1) is 6.33 Å². The Morgan fingerprint density at radius 1 is 1.41 bits per heavy atom. The first-order valence-corrected chi connectivity index (χ1v) is 6.49. The maximum Gasteiger partial charge on any atom is 0.136 e. The van der Waals surface area contributed by atoms with E-state index in [2.05, 4.69) is 21.4 Å². The van der Waals surface area contributed by atoms with E-state index < -0.39 is 0 Å². The standard InChI is InChI=1S/C13H19N3O/c1-10(8-15-5-4-14-9-15)16-11-2-3-12(16)7-13(17)6-11/h4-5,9-12H,2-3,6-8H2,1H3. The van der Waals surface area contributed by atoms with Crippen molar-refractivity contribution in [3.8, 4) is 0 Å². The molecule has 4 heteroatoms. The minimum atomic E-state index is 0.462. The monoisotopic (exact) mass is 233 g/mol. The predicted octanol–water partition coefficient (Wildman–Crippen LogP) is 1.47. The van der Waals surface area contributed by atoms with Gasteiger partial charge in [0.1, 0.15) is 5.78 Å². The molecule has 92 valence electrons. The highest BCUT2D eigenvalue weighted by Gasteiger charge is 2.42. The number of aromatic nitrogens is 2. The summed E-state index contributed by atoms with van der Waals surface area (Å²) in [6.07, 6.45) is 9.63. The molecule has 0 aliphatic carbocycles. The number of ketones is 1. The molecule has 2 saturated heterocycles. The fourth-order valence-corrected chi connectivity index (χ4v) is 3.52. The summed E-state index contributed by atoms with van der Waals surface area (Å²) in [6.45, 7) is 3.24. The van der Waals surface area contributed by atoms with E-state index in [0.717, 1.165) is 19.4 Å². The summed E-state index contributed by atoms with van der Waals surface area (Å²) in [5.74, 6) is 0.462. The first-order valence-electron chi connectivity index (χ1n) is 6.49. The predicted molar refractivity (Wildman–Crippen MR) is 64.6 cm³/mol. The molecule has 0 N–H and O–H groups in total. The first-order chi connectivity index (χ1) is 8.24. The summed E-state index contributed by atoms with van der Waals surface area (Å²) in [4.78, 5) is 18.2. The third-order valence-electron chi connectivity index (χ3n) is 4.15. The van der Waals surface area contributed by atoms with Gasteiger partial charge in [-0.15, -0.1) is 0 Å². The number of nitrogens with zero attached hydrogens (tertiary/aromatic N) is 3. The van der Waals surface area contributed by atoms with E-state index in [1.165, 1.54) is 12.8 Å².